The normalized spacial score (nSPS) is 45.6. The van der Waals surface area contributed by atoms with Crippen LogP contribution < -0.4 is 27.0 Å². The topological polar surface area (TPSA) is 561 Å². The standard InChI is InChI=1S/C45H77N5O31S/c1-12-28(58)35(65)36(66)45(73-12)71-11-22-40(32(62)25(41(67)75-22)48-14(3)55)74-18-6-17(10-72-82(68,69)70)37(31(61)24(18)47-13(2)54)79-43-26(49-15(4)56)34(64)39(21(9-53)77-43)81-44-27(50-16(5)57)33(63)38(20(8-52)78-44)80-42-23(46)30(60)29(59)19(7-51)76-42/h12,17-45,51-53,58-67H,6-11,46H2,1-5H3,(H,47,54)(H,48,55)(H,49,56)(H,50,57)(H,68,69,70). The second-order valence-electron chi connectivity index (χ2n) is 20.8. The Hall–Kier alpha value is -3.21. The quantitative estimate of drug-likeness (QED) is 0.0475. The van der Waals surface area contributed by atoms with Crippen molar-refractivity contribution in [3.63, 3.8) is 0 Å². The Labute approximate surface area is 467 Å². The fourth-order valence-electron chi connectivity index (χ4n) is 10.7. The van der Waals surface area contributed by atoms with Gasteiger partial charge in [0, 0.05) is 33.6 Å². The zero-order valence-corrected chi connectivity index (χ0v) is 45.6. The van der Waals surface area contributed by atoms with E-state index in [1.54, 1.807) is 0 Å². The summed E-state index contributed by atoms with van der Waals surface area (Å²) in [5.41, 5.74) is 6.04. The molecule has 82 heavy (non-hydrogen) atoms. The summed E-state index contributed by atoms with van der Waals surface area (Å²) in [5, 5.41) is 151. The van der Waals surface area contributed by atoms with Gasteiger partial charge in [-0.2, -0.15) is 8.42 Å². The van der Waals surface area contributed by atoms with Crippen LogP contribution in [0.3, 0.4) is 0 Å². The maximum Gasteiger partial charge on any atom is 0.397 e. The van der Waals surface area contributed by atoms with Gasteiger partial charge < -0.3 is 141 Å². The van der Waals surface area contributed by atoms with E-state index >= 15 is 0 Å². The Morgan fingerprint density at radius 2 is 0.927 bits per heavy atom. The molecule has 0 bridgehead atoms. The van der Waals surface area contributed by atoms with E-state index in [9.17, 15) is 98.5 Å². The van der Waals surface area contributed by atoms with E-state index in [0.29, 0.717) is 0 Å². The average Bonchev–Trinajstić information content (AvgIpc) is 2.22. The molecule has 1 saturated carbocycles. The van der Waals surface area contributed by atoms with Crippen LogP contribution in [0.2, 0.25) is 0 Å². The van der Waals surface area contributed by atoms with Gasteiger partial charge in [-0.1, -0.05) is 0 Å². The first-order chi connectivity index (χ1) is 38.4. The third-order valence-electron chi connectivity index (χ3n) is 14.8. The molecule has 0 radical (unpaired) electrons. The molecular weight excluding hydrogens is 1140 g/mol. The first-order valence-corrected chi connectivity index (χ1v) is 27.4. The molecule has 30 atom stereocenters. The fourth-order valence-corrected chi connectivity index (χ4v) is 11.1. The smallest absolute Gasteiger partial charge is 0.394 e. The number of hydrogen-bond acceptors (Lipinski definition) is 31. The molecule has 5 heterocycles. The largest absolute Gasteiger partial charge is 0.397 e. The lowest BCUT2D eigenvalue weighted by Gasteiger charge is -2.51. The van der Waals surface area contributed by atoms with Gasteiger partial charge in [-0.3, -0.25) is 23.7 Å². The zero-order chi connectivity index (χ0) is 61.0. The van der Waals surface area contributed by atoms with Crippen LogP contribution in [0.25, 0.3) is 0 Å². The Bertz CT molecular complexity index is 2230. The van der Waals surface area contributed by atoms with Crippen molar-refractivity contribution in [3.8, 4) is 0 Å². The van der Waals surface area contributed by atoms with Crippen molar-refractivity contribution in [1.29, 1.82) is 0 Å². The number of carbonyl (C=O) groups excluding carboxylic acids is 4. The molecule has 37 heteroatoms. The molecule has 6 rings (SSSR count). The molecule has 0 aromatic rings. The predicted molar refractivity (Wildman–Crippen MR) is 260 cm³/mol. The number of aliphatic hydroxyl groups excluding tert-OH is 13. The summed E-state index contributed by atoms with van der Waals surface area (Å²) in [5.74, 6) is -4.85. The molecule has 5 aliphatic heterocycles. The van der Waals surface area contributed by atoms with Crippen LogP contribution in [-0.2, 0) is 81.1 Å². The third-order valence-corrected chi connectivity index (χ3v) is 15.2. The first kappa shape index (κ1) is 67.9. The first-order valence-electron chi connectivity index (χ1n) is 26.0. The number of amides is 4. The molecule has 474 valence electrons. The Morgan fingerprint density at radius 1 is 0.488 bits per heavy atom. The van der Waals surface area contributed by atoms with Crippen molar-refractivity contribution in [2.75, 3.05) is 33.0 Å². The van der Waals surface area contributed by atoms with Crippen molar-refractivity contribution in [1.82, 2.24) is 21.3 Å². The summed E-state index contributed by atoms with van der Waals surface area (Å²) in [6, 6.07) is -8.38. The lowest BCUT2D eigenvalue weighted by Crippen LogP contribution is -2.71. The van der Waals surface area contributed by atoms with Crippen LogP contribution in [0, 0.1) is 5.92 Å². The molecule has 6 aliphatic rings. The minimum atomic E-state index is -5.32. The number of ether oxygens (including phenoxy) is 10. The van der Waals surface area contributed by atoms with E-state index in [-0.39, 0.29) is 0 Å². The summed E-state index contributed by atoms with van der Waals surface area (Å²) >= 11 is 0. The maximum absolute atomic E-state index is 12.9. The van der Waals surface area contributed by atoms with Crippen LogP contribution in [0.4, 0.5) is 0 Å². The molecule has 6 fully saturated rings. The van der Waals surface area contributed by atoms with Crippen molar-refractivity contribution in [2.45, 2.75) is 219 Å². The SMILES string of the molecule is CC(=O)NC1C(O)OC(COC2OC(C)C(O)C(O)C2O)C(OC2CC(COS(=O)(=O)O)C(OC3OC(CO)C(OC4OC(CO)C(OC5OC(CO)C(O)C(O)C5N)C(O)C4NC(C)=O)C(O)C3NC(C)=O)C(O)C2NC(C)=O)C1O. The summed E-state index contributed by atoms with van der Waals surface area (Å²) in [6.07, 6.45) is -42.8. The van der Waals surface area contributed by atoms with Gasteiger partial charge >= 0.3 is 10.4 Å². The Morgan fingerprint density at radius 3 is 1.43 bits per heavy atom. The van der Waals surface area contributed by atoms with Gasteiger partial charge in [0.05, 0.1) is 63.4 Å². The number of nitrogens with one attached hydrogen (secondary N) is 4. The van der Waals surface area contributed by atoms with Crippen LogP contribution >= 0.6 is 0 Å². The van der Waals surface area contributed by atoms with Gasteiger partial charge in [0.25, 0.3) is 0 Å². The van der Waals surface area contributed by atoms with Crippen molar-refractivity contribution >= 4 is 34.0 Å². The summed E-state index contributed by atoms with van der Waals surface area (Å²) in [7, 11) is -5.32. The maximum atomic E-state index is 12.9. The van der Waals surface area contributed by atoms with Crippen LogP contribution in [0.15, 0.2) is 0 Å². The van der Waals surface area contributed by atoms with Gasteiger partial charge in [-0.05, 0) is 13.3 Å². The summed E-state index contributed by atoms with van der Waals surface area (Å²) < 4.78 is 97.6. The highest BCUT2D eigenvalue weighted by molar-refractivity contribution is 7.80. The minimum Gasteiger partial charge on any atom is -0.394 e. The van der Waals surface area contributed by atoms with Crippen molar-refractivity contribution in [2.24, 2.45) is 11.7 Å². The monoisotopic (exact) mass is 1220 g/mol. The average molecular weight is 1220 g/mol. The highest BCUT2D eigenvalue weighted by Crippen LogP contribution is 2.38. The molecular formula is C45H77N5O31S. The van der Waals surface area contributed by atoms with Gasteiger partial charge in [-0.15, -0.1) is 0 Å². The number of carbonyl (C=O) groups is 4. The molecule has 1 aliphatic carbocycles. The molecule has 20 N–H and O–H groups in total. The number of nitrogens with two attached hydrogens (primary N) is 1. The van der Waals surface area contributed by atoms with E-state index in [2.05, 4.69) is 21.3 Å². The minimum absolute atomic E-state index is 0.598. The fraction of sp³-hybridized carbons (Fsp3) is 0.911. The van der Waals surface area contributed by atoms with E-state index in [4.69, 9.17) is 57.3 Å². The van der Waals surface area contributed by atoms with Crippen LogP contribution in [-0.4, -0.2) is 314 Å². The van der Waals surface area contributed by atoms with Crippen LogP contribution in [0.5, 0.6) is 0 Å². The molecule has 0 aromatic carbocycles. The lowest BCUT2D eigenvalue weighted by atomic mass is 9.79. The molecule has 36 nitrogen and oxygen atoms in total. The van der Waals surface area contributed by atoms with E-state index in [1.165, 1.54) is 6.92 Å². The molecule has 30 unspecified atom stereocenters. The second-order valence-corrected chi connectivity index (χ2v) is 21.9. The number of rotatable bonds is 21. The predicted octanol–water partition coefficient (Wildman–Crippen LogP) is -12.0. The summed E-state index contributed by atoms with van der Waals surface area (Å²) in [4.78, 5) is 50.6. The van der Waals surface area contributed by atoms with E-state index in [0.717, 1.165) is 27.7 Å². The van der Waals surface area contributed by atoms with Crippen LogP contribution in [0.1, 0.15) is 41.0 Å². The van der Waals surface area contributed by atoms with Gasteiger partial charge in [-0.25, -0.2) is 4.18 Å². The van der Waals surface area contributed by atoms with Gasteiger partial charge in [0.15, 0.2) is 31.5 Å². The lowest BCUT2D eigenvalue weighted by molar-refractivity contribution is -0.357. The van der Waals surface area contributed by atoms with E-state index < -0.39 is 257 Å². The highest BCUT2D eigenvalue weighted by Gasteiger charge is 2.58. The molecule has 5 saturated heterocycles. The van der Waals surface area contributed by atoms with Gasteiger partial charge in [0.2, 0.25) is 23.6 Å². The highest BCUT2D eigenvalue weighted by atomic mass is 32.3. The van der Waals surface area contributed by atoms with Crippen molar-refractivity contribution < 1.29 is 150 Å². The van der Waals surface area contributed by atoms with E-state index in [1.807, 2.05) is 0 Å². The Kier molecular flexibility index (Phi) is 24.0. The molecule has 4 amide bonds. The number of aliphatic hydroxyl groups is 13. The molecule has 0 aromatic heterocycles. The summed E-state index contributed by atoms with van der Waals surface area (Å²) in [6.45, 7) is 0.742. The Balaban J connectivity index is 1.28. The zero-order valence-electron chi connectivity index (χ0n) is 44.7. The molecule has 0 spiro atoms. The number of hydrogen-bond donors (Lipinski definition) is 19. The van der Waals surface area contributed by atoms with Crippen molar-refractivity contribution in [3.05, 3.63) is 0 Å². The van der Waals surface area contributed by atoms with Gasteiger partial charge in [0.1, 0.15) is 116 Å². The second kappa shape index (κ2) is 29.0. The third kappa shape index (κ3) is 16.0.